The molecule has 0 radical (unpaired) electrons. The van der Waals surface area contributed by atoms with Crippen LogP contribution in [0, 0.1) is 0 Å². The van der Waals surface area contributed by atoms with Crippen LogP contribution in [-0.2, 0) is 9.53 Å². The van der Waals surface area contributed by atoms with E-state index in [0.717, 1.165) is 5.69 Å². The van der Waals surface area contributed by atoms with Gasteiger partial charge in [-0.3, -0.25) is 4.79 Å². The van der Waals surface area contributed by atoms with Crippen LogP contribution in [0.5, 0.6) is 0 Å². The van der Waals surface area contributed by atoms with Gasteiger partial charge in [0.2, 0.25) is 5.91 Å². The molecule has 1 saturated heterocycles. The highest BCUT2D eigenvalue weighted by Gasteiger charge is 2.26. The fourth-order valence-electron chi connectivity index (χ4n) is 1.93. The highest BCUT2D eigenvalue weighted by atomic mass is 79.9. The molecule has 1 heterocycles. The number of ether oxygens (including phenoxy) is 1. The molecule has 0 aromatic heterocycles. The number of primary amides is 1. The van der Waals surface area contributed by atoms with Gasteiger partial charge in [-0.1, -0.05) is 0 Å². The zero-order chi connectivity index (χ0) is 14.0. The number of aliphatic carboxylic acids is 1. The second-order valence-corrected chi connectivity index (χ2v) is 5.03. The van der Waals surface area contributed by atoms with Gasteiger partial charge in [-0.25, -0.2) is 4.79 Å². The lowest BCUT2D eigenvalue weighted by Gasteiger charge is -2.32. The molecule has 1 aromatic rings. The SMILES string of the molecule is NC(=O)c1ccc(N2CCOC(C(=O)O)C2)cc1Br. The van der Waals surface area contributed by atoms with Crippen LogP contribution in [-0.4, -0.2) is 42.8 Å². The van der Waals surface area contributed by atoms with Gasteiger partial charge in [0.05, 0.1) is 18.7 Å². The highest BCUT2D eigenvalue weighted by Crippen LogP contribution is 2.25. The monoisotopic (exact) mass is 328 g/mol. The van der Waals surface area contributed by atoms with Crippen LogP contribution in [0.4, 0.5) is 5.69 Å². The van der Waals surface area contributed by atoms with Crippen LogP contribution in [0.25, 0.3) is 0 Å². The van der Waals surface area contributed by atoms with E-state index in [4.69, 9.17) is 15.6 Å². The second-order valence-electron chi connectivity index (χ2n) is 4.17. The van der Waals surface area contributed by atoms with E-state index < -0.39 is 18.0 Å². The number of carboxylic acids is 1. The number of halogens is 1. The minimum Gasteiger partial charge on any atom is -0.479 e. The molecule has 0 aliphatic carbocycles. The van der Waals surface area contributed by atoms with Gasteiger partial charge in [0.25, 0.3) is 0 Å². The number of nitrogens with two attached hydrogens (primary N) is 1. The van der Waals surface area contributed by atoms with Gasteiger partial charge in [0.15, 0.2) is 6.10 Å². The summed E-state index contributed by atoms with van der Waals surface area (Å²) in [5.41, 5.74) is 6.45. The zero-order valence-electron chi connectivity index (χ0n) is 10.0. The van der Waals surface area contributed by atoms with Crippen molar-refractivity contribution in [1.29, 1.82) is 0 Å². The zero-order valence-corrected chi connectivity index (χ0v) is 11.6. The lowest BCUT2D eigenvalue weighted by atomic mass is 10.1. The molecule has 1 atom stereocenters. The van der Waals surface area contributed by atoms with Crippen LogP contribution in [0.2, 0.25) is 0 Å². The first-order valence-corrected chi connectivity index (χ1v) is 6.47. The van der Waals surface area contributed by atoms with Crippen molar-refractivity contribution in [2.24, 2.45) is 5.73 Å². The van der Waals surface area contributed by atoms with Gasteiger partial charge in [-0.05, 0) is 34.1 Å². The van der Waals surface area contributed by atoms with Crippen molar-refractivity contribution in [2.75, 3.05) is 24.6 Å². The van der Waals surface area contributed by atoms with Crippen molar-refractivity contribution in [2.45, 2.75) is 6.10 Å². The van der Waals surface area contributed by atoms with E-state index in [2.05, 4.69) is 15.9 Å². The number of morpholine rings is 1. The van der Waals surface area contributed by atoms with E-state index >= 15 is 0 Å². The summed E-state index contributed by atoms with van der Waals surface area (Å²) in [6.07, 6.45) is -0.830. The number of amides is 1. The third-order valence-corrected chi connectivity index (χ3v) is 3.58. The minimum atomic E-state index is -0.975. The number of anilines is 1. The van der Waals surface area contributed by atoms with Crippen molar-refractivity contribution in [3.05, 3.63) is 28.2 Å². The molecule has 1 aliphatic heterocycles. The van der Waals surface area contributed by atoms with Gasteiger partial charge >= 0.3 is 5.97 Å². The Balaban J connectivity index is 2.20. The Morgan fingerprint density at radius 3 is 2.79 bits per heavy atom. The van der Waals surface area contributed by atoms with Crippen molar-refractivity contribution < 1.29 is 19.4 Å². The summed E-state index contributed by atoms with van der Waals surface area (Å²) in [5, 5.41) is 8.95. The summed E-state index contributed by atoms with van der Waals surface area (Å²) in [6.45, 7) is 1.23. The van der Waals surface area contributed by atoms with Gasteiger partial charge < -0.3 is 20.5 Å². The van der Waals surface area contributed by atoms with E-state index in [-0.39, 0.29) is 6.54 Å². The van der Waals surface area contributed by atoms with E-state index in [9.17, 15) is 9.59 Å². The minimum absolute atomic E-state index is 0.275. The second kappa shape index (κ2) is 5.58. The summed E-state index contributed by atoms with van der Waals surface area (Å²) >= 11 is 3.28. The summed E-state index contributed by atoms with van der Waals surface area (Å²) < 4.78 is 5.75. The van der Waals surface area contributed by atoms with Crippen molar-refractivity contribution in [3.63, 3.8) is 0 Å². The fraction of sp³-hybridized carbons (Fsp3) is 0.333. The Morgan fingerprint density at radius 2 is 2.21 bits per heavy atom. The van der Waals surface area contributed by atoms with E-state index in [1.54, 1.807) is 18.2 Å². The molecule has 3 N–H and O–H groups in total. The summed E-state index contributed by atoms with van der Waals surface area (Å²) in [5.74, 6) is -1.48. The molecule has 0 bridgehead atoms. The molecule has 0 saturated carbocycles. The van der Waals surface area contributed by atoms with Gasteiger partial charge in [-0.2, -0.15) is 0 Å². The van der Waals surface area contributed by atoms with Crippen molar-refractivity contribution in [1.82, 2.24) is 0 Å². The molecule has 1 amide bonds. The predicted molar refractivity (Wildman–Crippen MR) is 72.2 cm³/mol. The quantitative estimate of drug-likeness (QED) is 0.857. The standard InChI is InChI=1S/C12H13BrN2O4/c13-9-5-7(1-2-8(9)11(14)16)15-3-4-19-10(6-15)12(17)18/h1-2,5,10H,3-4,6H2,(H2,14,16)(H,17,18). The maximum Gasteiger partial charge on any atom is 0.334 e. The number of nitrogens with zero attached hydrogens (tertiary/aromatic N) is 1. The number of carbonyl (C=O) groups is 2. The Kier molecular flexibility index (Phi) is 4.06. The Hall–Kier alpha value is -1.60. The Labute approximate surface area is 118 Å². The van der Waals surface area contributed by atoms with Crippen LogP contribution < -0.4 is 10.6 Å². The fourth-order valence-corrected chi connectivity index (χ4v) is 2.50. The number of hydrogen-bond donors (Lipinski definition) is 2. The number of benzene rings is 1. The molecule has 0 spiro atoms. The average molecular weight is 329 g/mol. The highest BCUT2D eigenvalue weighted by molar-refractivity contribution is 9.10. The summed E-state index contributed by atoms with van der Waals surface area (Å²) in [7, 11) is 0. The first-order valence-electron chi connectivity index (χ1n) is 5.67. The number of hydrogen-bond acceptors (Lipinski definition) is 4. The first-order chi connectivity index (χ1) is 8.99. The molecule has 19 heavy (non-hydrogen) atoms. The van der Waals surface area contributed by atoms with E-state index in [1.165, 1.54) is 0 Å². The number of carboxylic acid groups (broad SMARTS) is 1. The van der Waals surface area contributed by atoms with Gasteiger partial charge in [-0.15, -0.1) is 0 Å². The summed E-state index contributed by atoms with van der Waals surface area (Å²) in [6, 6.07) is 5.12. The molecule has 7 heteroatoms. The molecule has 2 rings (SSSR count). The molecular formula is C12H13BrN2O4. The number of rotatable bonds is 3. The molecule has 6 nitrogen and oxygen atoms in total. The average Bonchev–Trinajstić information content (AvgIpc) is 2.38. The van der Waals surface area contributed by atoms with Gasteiger partial charge in [0, 0.05) is 16.7 Å². The van der Waals surface area contributed by atoms with E-state index in [1.807, 2.05) is 4.90 Å². The van der Waals surface area contributed by atoms with Crippen molar-refractivity contribution >= 4 is 33.5 Å². The maximum absolute atomic E-state index is 11.1. The van der Waals surface area contributed by atoms with Gasteiger partial charge in [0.1, 0.15) is 0 Å². The first kappa shape index (κ1) is 13.8. The van der Waals surface area contributed by atoms with Crippen LogP contribution in [0.1, 0.15) is 10.4 Å². The third-order valence-electron chi connectivity index (χ3n) is 2.93. The molecular weight excluding hydrogens is 316 g/mol. The lowest BCUT2D eigenvalue weighted by molar-refractivity contribution is -0.150. The molecule has 1 aliphatic rings. The lowest BCUT2D eigenvalue weighted by Crippen LogP contribution is -2.46. The van der Waals surface area contributed by atoms with E-state index in [0.29, 0.717) is 23.2 Å². The Bertz CT molecular complexity index is 520. The Morgan fingerprint density at radius 1 is 1.47 bits per heavy atom. The normalized spacial score (nSPS) is 19.2. The predicted octanol–water partition coefficient (Wildman–Crippen LogP) is 0.838. The molecule has 1 fully saturated rings. The third kappa shape index (κ3) is 3.05. The van der Waals surface area contributed by atoms with Crippen LogP contribution in [0.15, 0.2) is 22.7 Å². The molecule has 102 valence electrons. The van der Waals surface area contributed by atoms with Crippen LogP contribution >= 0.6 is 15.9 Å². The molecule has 1 unspecified atom stereocenters. The summed E-state index contributed by atoms with van der Waals surface area (Å²) in [4.78, 5) is 24.0. The largest absolute Gasteiger partial charge is 0.479 e. The topological polar surface area (TPSA) is 92.9 Å². The molecule has 1 aromatic carbocycles. The maximum atomic E-state index is 11.1. The van der Waals surface area contributed by atoms with Crippen LogP contribution in [0.3, 0.4) is 0 Å². The van der Waals surface area contributed by atoms with Crippen molar-refractivity contribution in [3.8, 4) is 0 Å². The number of carbonyl (C=O) groups excluding carboxylic acids is 1. The smallest absolute Gasteiger partial charge is 0.334 e.